The third-order valence-corrected chi connectivity index (χ3v) is 6.50. The van der Waals surface area contributed by atoms with E-state index in [9.17, 15) is 9.59 Å². The van der Waals surface area contributed by atoms with Gasteiger partial charge in [0.2, 0.25) is 5.91 Å². The second-order valence-corrected chi connectivity index (χ2v) is 8.32. The van der Waals surface area contributed by atoms with Gasteiger partial charge in [0.1, 0.15) is 11.5 Å². The van der Waals surface area contributed by atoms with E-state index in [0.717, 1.165) is 11.1 Å². The molecule has 7 heteroatoms. The number of carbonyl (C=O) groups excluding carboxylic acids is 2. The van der Waals surface area contributed by atoms with Crippen molar-refractivity contribution in [1.29, 1.82) is 0 Å². The fraction of sp³-hybridized carbons (Fsp3) is 0.304. The van der Waals surface area contributed by atoms with Crippen molar-refractivity contribution in [2.75, 3.05) is 14.2 Å². The highest BCUT2D eigenvalue weighted by Gasteiger charge is 2.39. The molecule has 2 atom stereocenters. The number of ether oxygens (including phenoxy) is 2. The number of carbonyl (C=O) groups is 2. The topological polar surface area (TPSA) is 64.6 Å². The van der Waals surface area contributed by atoms with Gasteiger partial charge < -0.3 is 14.8 Å². The van der Waals surface area contributed by atoms with E-state index in [2.05, 4.69) is 5.32 Å². The minimum absolute atomic E-state index is 0.0159. The molecule has 0 aromatic heterocycles. The van der Waals surface area contributed by atoms with Gasteiger partial charge in [0.05, 0.1) is 24.3 Å². The van der Waals surface area contributed by atoms with E-state index in [0.29, 0.717) is 45.7 Å². The molecule has 0 spiro atoms. The van der Waals surface area contributed by atoms with Gasteiger partial charge in [-0.3, -0.25) is 9.59 Å². The number of amides is 1. The highest BCUT2D eigenvalue weighted by Crippen LogP contribution is 2.45. The summed E-state index contributed by atoms with van der Waals surface area (Å²) < 4.78 is 10.9. The van der Waals surface area contributed by atoms with Crippen LogP contribution in [0.5, 0.6) is 11.5 Å². The highest BCUT2D eigenvalue weighted by molar-refractivity contribution is 6.42. The maximum absolute atomic E-state index is 13.3. The summed E-state index contributed by atoms with van der Waals surface area (Å²) in [5, 5.41) is 3.78. The van der Waals surface area contributed by atoms with Gasteiger partial charge in [-0.1, -0.05) is 29.3 Å². The predicted octanol–water partition coefficient (Wildman–Crippen LogP) is 5.01. The first-order valence-corrected chi connectivity index (χ1v) is 10.4. The summed E-state index contributed by atoms with van der Waals surface area (Å²) in [4.78, 5) is 25.7. The maximum Gasteiger partial charge on any atom is 0.225 e. The van der Waals surface area contributed by atoms with Crippen molar-refractivity contribution >= 4 is 34.9 Å². The maximum atomic E-state index is 13.3. The summed E-state index contributed by atoms with van der Waals surface area (Å²) in [7, 11) is 3.20. The second kappa shape index (κ2) is 8.32. The number of Topliss-reactive ketones (excluding diaryl/α,β-unsaturated/α-hetero) is 1. The summed E-state index contributed by atoms with van der Waals surface area (Å²) in [5.41, 5.74) is 3.04. The molecule has 2 aromatic rings. The third kappa shape index (κ3) is 3.80. The van der Waals surface area contributed by atoms with Crippen LogP contribution in [-0.4, -0.2) is 25.9 Å². The Morgan fingerprint density at radius 2 is 1.73 bits per heavy atom. The van der Waals surface area contributed by atoms with E-state index in [1.54, 1.807) is 26.4 Å². The fourth-order valence-electron chi connectivity index (χ4n) is 4.35. The number of methoxy groups -OCH3 is 2. The standard InChI is InChI=1S/C23H21Cl2NO4/c1-29-14-4-6-21(30-2)15(10-14)13-8-19-23(20(27)9-13)16(11-22(28)26-19)12-3-5-17(24)18(25)7-12/h3-7,10,13,16H,8-9,11H2,1-2H3,(H,26,28)/t13-,16+/m0/s1. The number of benzene rings is 2. The minimum atomic E-state index is -0.329. The number of rotatable bonds is 4. The number of ketones is 1. The second-order valence-electron chi connectivity index (χ2n) is 7.51. The minimum Gasteiger partial charge on any atom is -0.497 e. The van der Waals surface area contributed by atoms with Crippen LogP contribution >= 0.6 is 23.2 Å². The molecule has 0 saturated carbocycles. The average Bonchev–Trinajstić information content (AvgIpc) is 2.74. The zero-order chi connectivity index (χ0) is 21.4. The Kier molecular flexibility index (Phi) is 5.76. The number of halogens is 2. The smallest absolute Gasteiger partial charge is 0.225 e. The van der Waals surface area contributed by atoms with Crippen LogP contribution in [0.1, 0.15) is 42.2 Å². The van der Waals surface area contributed by atoms with Crippen LogP contribution in [-0.2, 0) is 9.59 Å². The molecule has 0 radical (unpaired) electrons. The highest BCUT2D eigenvalue weighted by atomic mass is 35.5. The normalized spacial score (nSPS) is 21.2. The summed E-state index contributed by atoms with van der Waals surface area (Å²) >= 11 is 12.2. The predicted molar refractivity (Wildman–Crippen MR) is 116 cm³/mol. The Balaban J connectivity index is 1.74. The molecule has 1 N–H and O–H groups in total. The fourth-order valence-corrected chi connectivity index (χ4v) is 4.66. The molecule has 1 amide bonds. The van der Waals surface area contributed by atoms with E-state index in [1.165, 1.54) is 0 Å². The Morgan fingerprint density at radius 3 is 2.43 bits per heavy atom. The molecule has 0 unspecified atom stereocenters. The molecule has 156 valence electrons. The Bertz CT molecular complexity index is 1060. The van der Waals surface area contributed by atoms with E-state index < -0.39 is 0 Å². The first-order chi connectivity index (χ1) is 14.4. The Labute approximate surface area is 185 Å². The first-order valence-electron chi connectivity index (χ1n) is 9.64. The molecule has 1 aliphatic carbocycles. The molecule has 2 aromatic carbocycles. The van der Waals surface area contributed by atoms with Gasteiger partial charge in [-0.2, -0.15) is 0 Å². The number of allylic oxidation sites excluding steroid dienone is 2. The average molecular weight is 446 g/mol. The monoisotopic (exact) mass is 445 g/mol. The molecule has 2 aliphatic rings. The largest absolute Gasteiger partial charge is 0.497 e. The van der Waals surface area contributed by atoms with Crippen molar-refractivity contribution in [3.8, 4) is 11.5 Å². The lowest BCUT2D eigenvalue weighted by Crippen LogP contribution is -2.38. The van der Waals surface area contributed by atoms with Crippen molar-refractivity contribution in [1.82, 2.24) is 5.32 Å². The summed E-state index contributed by atoms with van der Waals surface area (Å²) in [6, 6.07) is 10.8. The van der Waals surface area contributed by atoms with Crippen LogP contribution in [0.3, 0.4) is 0 Å². The van der Waals surface area contributed by atoms with E-state index in [-0.39, 0.29) is 29.9 Å². The summed E-state index contributed by atoms with van der Waals surface area (Å²) in [6.45, 7) is 0. The van der Waals surface area contributed by atoms with Crippen molar-refractivity contribution in [2.24, 2.45) is 0 Å². The van der Waals surface area contributed by atoms with Crippen molar-refractivity contribution in [3.05, 3.63) is 68.8 Å². The molecular formula is C23H21Cl2NO4. The molecule has 5 nitrogen and oxygen atoms in total. The Hall–Kier alpha value is -2.50. The van der Waals surface area contributed by atoms with Gasteiger partial charge in [0.15, 0.2) is 5.78 Å². The lowest BCUT2D eigenvalue weighted by molar-refractivity contribution is -0.122. The van der Waals surface area contributed by atoms with E-state index >= 15 is 0 Å². The molecular weight excluding hydrogens is 425 g/mol. The summed E-state index contributed by atoms with van der Waals surface area (Å²) in [6.07, 6.45) is 1.07. The number of hydrogen-bond donors (Lipinski definition) is 1. The molecule has 1 aliphatic heterocycles. The van der Waals surface area contributed by atoms with Gasteiger partial charge in [0, 0.05) is 41.5 Å². The third-order valence-electron chi connectivity index (χ3n) is 5.76. The quantitative estimate of drug-likeness (QED) is 0.717. The molecule has 0 bridgehead atoms. The van der Waals surface area contributed by atoms with Crippen LogP contribution < -0.4 is 14.8 Å². The van der Waals surface area contributed by atoms with Crippen LogP contribution in [0.4, 0.5) is 0 Å². The van der Waals surface area contributed by atoms with Gasteiger partial charge in [-0.05, 0) is 42.3 Å². The Morgan fingerprint density at radius 1 is 0.933 bits per heavy atom. The molecule has 30 heavy (non-hydrogen) atoms. The first kappa shape index (κ1) is 20.8. The zero-order valence-corrected chi connectivity index (χ0v) is 18.1. The van der Waals surface area contributed by atoms with Crippen LogP contribution in [0.2, 0.25) is 10.0 Å². The molecule has 0 fully saturated rings. The molecule has 1 heterocycles. The van der Waals surface area contributed by atoms with Gasteiger partial charge in [0.25, 0.3) is 0 Å². The number of hydrogen-bond acceptors (Lipinski definition) is 4. The van der Waals surface area contributed by atoms with Crippen molar-refractivity contribution in [2.45, 2.75) is 31.1 Å². The van der Waals surface area contributed by atoms with Gasteiger partial charge >= 0.3 is 0 Å². The van der Waals surface area contributed by atoms with Crippen LogP contribution in [0.25, 0.3) is 0 Å². The lowest BCUT2D eigenvalue weighted by Gasteiger charge is -2.35. The van der Waals surface area contributed by atoms with Gasteiger partial charge in [-0.25, -0.2) is 0 Å². The van der Waals surface area contributed by atoms with Gasteiger partial charge in [-0.15, -0.1) is 0 Å². The lowest BCUT2D eigenvalue weighted by atomic mass is 9.73. The zero-order valence-electron chi connectivity index (χ0n) is 16.6. The number of nitrogens with one attached hydrogen (secondary N) is 1. The van der Waals surface area contributed by atoms with Crippen molar-refractivity contribution < 1.29 is 19.1 Å². The van der Waals surface area contributed by atoms with E-state index in [1.807, 2.05) is 24.3 Å². The van der Waals surface area contributed by atoms with Crippen LogP contribution in [0, 0.1) is 0 Å². The van der Waals surface area contributed by atoms with E-state index in [4.69, 9.17) is 32.7 Å². The van der Waals surface area contributed by atoms with Crippen LogP contribution in [0.15, 0.2) is 47.7 Å². The molecule has 0 saturated heterocycles. The molecule has 4 rings (SSSR count). The van der Waals surface area contributed by atoms with Crippen molar-refractivity contribution in [3.63, 3.8) is 0 Å². The summed E-state index contributed by atoms with van der Waals surface area (Å²) in [5.74, 6) is 0.844. The SMILES string of the molecule is COc1ccc(OC)c([C@@H]2CC(=O)C3=C(C2)NC(=O)C[C@@H]3c2ccc(Cl)c(Cl)c2)c1.